The Kier molecular flexibility index (Phi) is 5.45. The van der Waals surface area contributed by atoms with Crippen molar-refractivity contribution in [2.75, 3.05) is 5.43 Å². The maximum absolute atomic E-state index is 12.2. The number of esters is 1. The highest BCUT2D eigenvalue weighted by Crippen LogP contribution is 2.25. The second-order valence-electron chi connectivity index (χ2n) is 5.83. The number of fused-ring (bicyclic) bond motifs is 1. The Labute approximate surface area is 173 Å². The molecule has 0 atom stereocenters. The Morgan fingerprint density at radius 2 is 1.89 bits per heavy atom. The molecular formula is C21H14BrN3O2S. The van der Waals surface area contributed by atoms with Crippen LogP contribution in [0.2, 0.25) is 0 Å². The van der Waals surface area contributed by atoms with Gasteiger partial charge in [-0.05, 0) is 60.2 Å². The van der Waals surface area contributed by atoms with Gasteiger partial charge in [-0.1, -0.05) is 45.5 Å². The van der Waals surface area contributed by atoms with E-state index in [0.717, 1.165) is 25.4 Å². The predicted molar refractivity (Wildman–Crippen MR) is 116 cm³/mol. The van der Waals surface area contributed by atoms with E-state index in [4.69, 9.17) is 4.74 Å². The molecule has 1 N–H and O–H groups in total. The van der Waals surface area contributed by atoms with E-state index >= 15 is 0 Å². The zero-order valence-corrected chi connectivity index (χ0v) is 16.9. The molecule has 0 unspecified atom stereocenters. The maximum atomic E-state index is 12.2. The van der Waals surface area contributed by atoms with Crippen LogP contribution in [0.4, 0.5) is 5.13 Å². The normalized spacial score (nSPS) is 11.0. The van der Waals surface area contributed by atoms with Gasteiger partial charge in [-0.25, -0.2) is 9.78 Å². The molecule has 0 aliphatic heterocycles. The highest BCUT2D eigenvalue weighted by atomic mass is 79.9. The lowest BCUT2D eigenvalue weighted by Gasteiger charge is -2.05. The summed E-state index contributed by atoms with van der Waals surface area (Å²) in [5, 5.41) is 4.95. The Balaban J connectivity index is 1.37. The zero-order valence-electron chi connectivity index (χ0n) is 14.5. The standard InChI is InChI=1S/C21H14BrN3O2S/c22-16-5-3-4-15(12-16)20(26)27-17-10-8-14(9-11-17)13-23-25-21-24-18-6-1-2-7-19(18)28-21/h1-13H,(H,24,25). The van der Waals surface area contributed by atoms with Gasteiger partial charge in [-0.2, -0.15) is 5.10 Å². The van der Waals surface area contributed by atoms with Crippen LogP contribution in [-0.4, -0.2) is 17.2 Å². The third-order valence-corrected chi connectivity index (χ3v) is 5.25. The fourth-order valence-electron chi connectivity index (χ4n) is 2.49. The number of halogens is 1. The molecule has 0 bridgehead atoms. The number of rotatable bonds is 5. The largest absolute Gasteiger partial charge is 0.423 e. The number of thiazole rings is 1. The second-order valence-corrected chi connectivity index (χ2v) is 7.77. The molecule has 5 nitrogen and oxygen atoms in total. The number of nitrogens with zero attached hydrogens (tertiary/aromatic N) is 2. The number of hydrazone groups is 1. The molecule has 28 heavy (non-hydrogen) atoms. The van der Waals surface area contributed by atoms with Crippen LogP contribution in [0.1, 0.15) is 15.9 Å². The SMILES string of the molecule is O=C(Oc1ccc(C=NNc2nc3ccccc3s2)cc1)c1cccc(Br)c1. The molecule has 0 saturated carbocycles. The lowest BCUT2D eigenvalue weighted by Crippen LogP contribution is -2.08. The molecule has 4 aromatic rings. The number of benzene rings is 3. The van der Waals surface area contributed by atoms with Gasteiger partial charge in [-0.3, -0.25) is 5.43 Å². The first-order valence-corrected chi connectivity index (χ1v) is 10.0. The van der Waals surface area contributed by atoms with Gasteiger partial charge in [0.2, 0.25) is 5.13 Å². The first-order chi connectivity index (χ1) is 13.7. The van der Waals surface area contributed by atoms with Crippen LogP contribution in [0.3, 0.4) is 0 Å². The number of ether oxygens (including phenoxy) is 1. The quantitative estimate of drug-likeness (QED) is 0.182. The van der Waals surface area contributed by atoms with Crippen LogP contribution in [0, 0.1) is 0 Å². The van der Waals surface area contributed by atoms with Crippen LogP contribution in [0.15, 0.2) is 82.4 Å². The fourth-order valence-corrected chi connectivity index (χ4v) is 3.70. The number of hydrogen-bond acceptors (Lipinski definition) is 6. The molecule has 0 spiro atoms. The van der Waals surface area contributed by atoms with Crippen molar-refractivity contribution >= 4 is 54.8 Å². The lowest BCUT2D eigenvalue weighted by molar-refractivity contribution is 0.0734. The Morgan fingerprint density at radius 1 is 1.07 bits per heavy atom. The summed E-state index contributed by atoms with van der Waals surface area (Å²) in [6.07, 6.45) is 1.69. The molecular weight excluding hydrogens is 438 g/mol. The summed E-state index contributed by atoms with van der Waals surface area (Å²) in [4.78, 5) is 16.6. The number of hydrogen-bond donors (Lipinski definition) is 1. The van der Waals surface area contributed by atoms with Gasteiger partial charge >= 0.3 is 5.97 Å². The number of para-hydroxylation sites is 1. The molecule has 1 aromatic heterocycles. The average molecular weight is 452 g/mol. The number of nitrogens with one attached hydrogen (secondary N) is 1. The van der Waals surface area contributed by atoms with Gasteiger partial charge in [-0.15, -0.1) is 0 Å². The number of carbonyl (C=O) groups is 1. The summed E-state index contributed by atoms with van der Waals surface area (Å²) in [6.45, 7) is 0. The maximum Gasteiger partial charge on any atom is 0.343 e. The third kappa shape index (κ3) is 4.44. The number of anilines is 1. The summed E-state index contributed by atoms with van der Waals surface area (Å²) < 4.78 is 7.33. The molecule has 0 fully saturated rings. The fraction of sp³-hybridized carbons (Fsp3) is 0. The molecule has 3 aromatic carbocycles. The van der Waals surface area contributed by atoms with Crippen molar-refractivity contribution in [3.8, 4) is 5.75 Å². The molecule has 7 heteroatoms. The summed E-state index contributed by atoms with van der Waals surface area (Å²) >= 11 is 4.89. The van der Waals surface area contributed by atoms with E-state index in [0.29, 0.717) is 11.3 Å². The number of carbonyl (C=O) groups excluding carboxylic acids is 1. The van der Waals surface area contributed by atoms with E-state index in [1.807, 2.05) is 42.5 Å². The molecule has 138 valence electrons. The van der Waals surface area contributed by atoms with Gasteiger partial charge < -0.3 is 4.74 Å². The molecule has 0 aliphatic rings. The summed E-state index contributed by atoms with van der Waals surface area (Å²) in [5.74, 6) is 0.0708. The van der Waals surface area contributed by atoms with Crippen molar-refractivity contribution < 1.29 is 9.53 Å². The summed E-state index contributed by atoms with van der Waals surface area (Å²) in [6, 6.07) is 22.1. The van der Waals surface area contributed by atoms with E-state index < -0.39 is 5.97 Å². The monoisotopic (exact) mass is 451 g/mol. The Bertz CT molecular complexity index is 1120. The van der Waals surface area contributed by atoms with Crippen LogP contribution < -0.4 is 10.2 Å². The highest BCUT2D eigenvalue weighted by Gasteiger charge is 2.08. The van der Waals surface area contributed by atoms with E-state index in [9.17, 15) is 4.79 Å². The van der Waals surface area contributed by atoms with Crippen molar-refractivity contribution in [1.82, 2.24) is 4.98 Å². The number of aromatic nitrogens is 1. The van der Waals surface area contributed by atoms with Crippen molar-refractivity contribution in [1.29, 1.82) is 0 Å². The van der Waals surface area contributed by atoms with E-state index in [-0.39, 0.29) is 0 Å². The van der Waals surface area contributed by atoms with Crippen molar-refractivity contribution in [3.63, 3.8) is 0 Å². The molecule has 0 amide bonds. The minimum atomic E-state index is -0.403. The van der Waals surface area contributed by atoms with E-state index in [1.54, 1.807) is 47.9 Å². The highest BCUT2D eigenvalue weighted by molar-refractivity contribution is 9.10. The molecule has 0 aliphatic carbocycles. The first-order valence-electron chi connectivity index (χ1n) is 8.40. The summed E-state index contributed by atoms with van der Waals surface area (Å²) in [7, 11) is 0. The van der Waals surface area contributed by atoms with Gasteiger partial charge in [0.05, 0.1) is 22.0 Å². The third-order valence-electron chi connectivity index (χ3n) is 3.82. The van der Waals surface area contributed by atoms with Crippen molar-refractivity contribution in [2.45, 2.75) is 0 Å². The lowest BCUT2D eigenvalue weighted by atomic mass is 10.2. The van der Waals surface area contributed by atoms with Crippen LogP contribution >= 0.6 is 27.3 Å². The molecule has 4 rings (SSSR count). The van der Waals surface area contributed by atoms with Crippen LogP contribution in [-0.2, 0) is 0 Å². The minimum Gasteiger partial charge on any atom is -0.423 e. The van der Waals surface area contributed by atoms with Gasteiger partial charge in [0.25, 0.3) is 0 Å². The topological polar surface area (TPSA) is 63.6 Å². The van der Waals surface area contributed by atoms with Gasteiger partial charge in [0.1, 0.15) is 5.75 Å². The van der Waals surface area contributed by atoms with E-state index in [2.05, 4.69) is 31.4 Å². The zero-order chi connectivity index (χ0) is 19.3. The molecule has 0 radical (unpaired) electrons. The average Bonchev–Trinajstić information content (AvgIpc) is 3.12. The predicted octanol–water partition coefficient (Wildman–Crippen LogP) is 5.72. The van der Waals surface area contributed by atoms with Crippen LogP contribution in [0.25, 0.3) is 10.2 Å². The first kappa shape index (κ1) is 18.3. The Morgan fingerprint density at radius 3 is 2.68 bits per heavy atom. The minimum absolute atomic E-state index is 0.403. The summed E-state index contributed by atoms with van der Waals surface area (Å²) in [5.41, 5.74) is 5.25. The van der Waals surface area contributed by atoms with Crippen LogP contribution in [0.5, 0.6) is 5.75 Å². The van der Waals surface area contributed by atoms with E-state index in [1.165, 1.54) is 0 Å². The van der Waals surface area contributed by atoms with Crippen molar-refractivity contribution in [3.05, 3.63) is 88.4 Å². The Hall–Kier alpha value is -3.03. The molecule has 1 heterocycles. The van der Waals surface area contributed by atoms with Gasteiger partial charge in [0.15, 0.2) is 0 Å². The van der Waals surface area contributed by atoms with Crippen molar-refractivity contribution in [2.24, 2.45) is 5.10 Å². The smallest absolute Gasteiger partial charge is 0.343 e. The van der Waals surface area contributed by atoms with Gasteiger partial charge in [0, 0.05) is 4.47 Å². The molecule has 0 saturated heterocycles. The second kappa shape index (κ2) is 8.33.